The fourth-order valence-corrected chi connectivity index (χ4v) is 1.38. The molecule has 1 aromatic carbocycles. The maximum absolute atomic E-state index is 13.3. The summed E-state index contributed by atoms with van der Waals surface area (Å²) in [6.07, 6.45) is 0.463. The Labute approximate surface area is 101 Å². The Morgan fingerprint density at radius 1 is 1.44 bits per heavy atom. The highest BCUT2D eigenvalue weighted by Crippen LogP contribution is 2.26. The second-order valence-electron chi connectivity index (χ2n) is 3.84. The van der Waals surface area contributed by atoms with Gasteiger partial charge in [0.1, 0.15) is 6.61 Å². The summed E-state index contributed by atoms with van der Waals surface area (Å²) >= 11 is 3.04. The van der Waals surface area contributed by atoms with Crippen molar-refractivity contribution in [2.45, 2.75) is 25.9 Å². The molecule has 1 atom stereocenters. The molecule has 2 nitrogen and oxygen atoms in total. The second kappa shape index (κ2) is 5.10. The van der Waals surface area contributed by atoms with Crippen LogP contribution in [0.15, 0.2) is 16.6 Å². The minimum absolute atomic E-state index is 0.0870. The van der Waals surface area contributed by atoms with Gasteiger partial charge in [0.05, 0.1) is 5.60 Å². The number of rotatable bonds is 4. The Bertz CT molecular complexity index is 380. The minimum Gasteiger partial charge on any atom is -0.487 e. The maximum atomic E-state index is 13.3. The molecule has 1 unspecified atom stereocenters. The van der Waals surface area contributed by atoms with Crippen molar-refractivity contribution in [1.29, 1.82) is 0 Å². The van der Waals surface area contributed by atoms with Crippen LogP contribution in [0.1, 0.15) is 20.3 Å². The van der Waals surface area contributed by atoms with E-state index in [4.69, 9.17) is 4.74 Å². The number of ether oxygens (including phenoxy) is 1. The Kier molecular flexibility index (Phi) is 4.27. The Hall–Kier alpha value is -0.680. The quantitative estimate of drug-likeness (QED) is 0.864. The normalized spacial score (nSPS) is 14.6. The molecule has 16 heavy (non-hydrogen) atoms. The van der Waals surface area contributed by atoms with Gasteiger partial charge in [0.2, 0.25) is 5.82 Å². The molecule has 1 rings (SSSR count). The van der Waals surface area contributed by atoms with Crippen LogP contribution in [0.25, 0.3) is 0 Å². The van der Waals surface area contributed by atoms with Crippen molar-refractivity contribution in [1.82, 2.24) is 0 Å². The monoisotopic (exact) mass is 294 g/mol. The van der Waals surface area contributed by atoms with Gasteiger partial charge in [-0.25, -0.2) is 4.39 Å². The minimum atomic E-state index is -1.05. The molecule has 0 aliphatic carbocycles. The SMILES string of the molecule is CCC(C)(O)COc1cc(Br)cc(F)c1F. The van der Waals surface area contributed by atoms with Crippen molar-refractivity contribution in [3.63, 3.8) is 0 Å². The Morgan fingerprint density at radius 2 is 2.06 bits per heavy atom. The summed E-state index contributed by atoms with van der Waals surface area (Å²) in [7, 11) is 0. The molecule has 1 aromatic rings. The largest absolute Gasteiger partial charge is 0.487 e. The predicted octanol–water partition coefficient (Wildman–Crippen LogP) is 3.27. The average molecular weight is 295 g/mol. The molecule has 5 heteroatoms. The van der Waals surface area contributed by atoms with Crippen molar-refractivity contribution in [3.8, 4) is 5.75 Å². The lowest BCUT2D eigenvalue weighted by molar-refractivity contribution is 0.00710. The summed E-state index contributed by atoms with van der Waals surface area (Å²) in [4.78, 5) is 0. The number of aliphatic hydroxyl groups is 1. The first kappa shape index (κ1) is 13.4. The molecule has 0 heterocycles. The van der Waals surface area contributed by atoms with E-state index in [9.17, 15) is 13.9 Å². The van der Waals surface area contributed by atoms with E-state index in [1.807, 2.05) is 0 Å². The lowest BCUT2D eigenvalue weighted by atomic mass is 10.1. The predicted molar refractivity (Wildman–Crippen MR) is 60.5 cm³/mol. The third-order valence-corrected chi connectivity index (χ3v) is 2.72. The molecule has 0 fully saturated rings. The fourth-order valence-electron chi connectivity index (χ4n) is 0.973. The summed E-state index contributed by atoms with van der Waals surface area (Å²) in [5, 5.41) is 9.66. The molecule has 0 aromatic heterocycles. The van der Waals surface area contributed by atoms with Crippen molar-refractivity contribution >= 4 is 15.9 Å². The highest BCUT2D eigenvalue weighted by atomic mass is 79.9. The first-order valence-corrected chi connectivity index (χ1v) is 5.65. The second-order valence-corrected chi connectivity index (χ2v) is 4.75. The highest BCUT2D eigenvalue weighted by Gasteiger charge is 2.20. The fraction of sp³-hybridized carbons (Fsp3) is 0.455. The van der Waals surface area contributed by atoms with Crippen molar-refractivity contribution in [3.05, 3.63) is 28.2 Å². The number of hydrogen-bond acceptors (Lipinski definition) is 2. The smallest absolute Gasteiger partial charge is 0.200 e. The van der Waals surface area contributed by atoms with Crippen LogP contribution in [0.3, 0.4) is 0 Å². The number of hydrogen-bond donors (Lipinski definition) is 1. The molecule has 90 valence electrons. The molecule has 0 radical (unpaired) electrons. The maximum Gasteiger partial charge on any atom is 0.200 e. The van der Waals surface area contributed by atoms with Crippen LogP contribution >= 0.6 is 15.9 Å². The van der Waals surface area contributed by atoms with Gasteiger partial charge in [-0.05, 0) is 25.5 Å². The van der Waals surface area contributed by atoms with Gasteiger partial charge in [-0.2, -0.15) is 4.39 Å². The summed E-state index contributed by atoms with van der Waals surface area (Å²) in [6.45, 7) is 3.26. The van der Waals surface area contributed by atoms with Crippen LogP contribution in [0.2, 0.25) is 0 Å². The average Bonchev–Trinajstić information content (AvgIpc) is 2.21. The number of benzene rings is 1. The van der Waals surface area contributed by atoms with Crippen LogP contribution in [0.4, 0.5) is 8.78 Å². The van der Waals surface area contributed by atoms with E-state index in [1.165, 1.54) is 6.07 Å². The third-order valence-electron chi connectivity index (χ3n) is 2.26. The zero-order valence-corrected chi connectivity index (χ0v) is 10.6. The van der Waals surface area contributed by atoms with Crippen molar-refractivity contribution < 1.29 is 18.6 Å². The molecule has 0 aliphatic heterocycles. The van der Waals surface area contributed by atoms with E-state index in [1.54, 1.807) is 13.8 Å². The van der Waals surface area contributed by atoms with E-state index in [0.717, 1.165) is 6.07 Å². The Morgan fingerprint density at radius 3 is 2.62 bits per heavy atom. The molecule has 0 bridgehead atoms. The van der Waals surface area contributed by atoms with Crippen LogP contribution in [0, 0.1) is 11.6 Å². The van der Waals surface area contributed by atoms with Crippen LogP contribution in [-0.2, 0) is 0 Å². The highest BCUT2D eigenvalue weighted by molar-refractivity contribution is 9.10. The molecule has 0 spiro atoms. The molecule has 0 aliphatic rings. The van der Waals surface area contributed by atoms with Gasteiger partial charge >= 0.3 is 0 Å². The molecule has 1 N–H and O–H groups in total. The summed E-state index contributed by atoms with van der Waals surface area (Å²) in [6, 6.07) is 2.34. The van der Waals surface area contributed by atoms with Gasteiger partial charge in [-0.3, -0.25) is 0 Å². The van der Waals surface area contributed by atoms with Crippen LogP contribution < -0.4 is 4.74 Å². The van der Waals surface area contributed by atoms with E-state index < -0.39 is 17.2 Å². The third kappa shape index (κ3) is 3.42. The zero-order valence-electron chi connectivity index (χ0n) is 9.06. The van der Waals surface area contributed by atoms with Gasteiger partial charge in [-0.1, -0.05) is 22.9 Å². The number of halogens is 3. The Balaban J connectivity index is 2.82. The van der Waals surface area contributed by atoms with E-state index in [-0.39, 0.29) is 12.4 Å². The topological polar surface area (TPSA) is 29.5 Å². The van der Waals surface area contributed by atoms with E-state index in [2.05, 4.69) is 15.9 Å². The van der Waals surface area contributed by atoms with Gasteiger partial charge in [0.25, 0.3) is 0 Å². The van der Waals surface area contributed by atoms with E-state index >= 15 is 0 Å². The first-order valence-electron chi connectivity index (χ1n) is 4.85. The van der Waals surface area contributed by atoms with E-state index in [0.29, 0.717) is 10.9 Å². The zero-order chi connectivity index (χ0) is 12.3. The molecule has 0 saturated carbocycles. The van der Waals surface area contributed by atoms with Crippen molar-refractivity contribution in [2.24, 2.45) is 0 Å². The van der Waals surface area contributed by atoms with Crippen LogP contribution in [-0.4, -0.2) is 17.3 Å². The summed E-state index contributed by atoms with van der Waals surface area (Å²) in [5.74, 6) is -2.24. The van der Waals surface area contributed by atoms with Gasteiger partial charge in [0, 0.05) is 4.47 Å². The molecule has 0 saturated heterocycles. The standard InChI is InChI=1S/C11H13BrF2O2/c1-3-11(2,15)6-16-9-5-7(12)4-8(13)10(9)14/h4-5,15H,3,6H2,1-2H3. The lowest BCUT2D eigenvalue weighted by Crippen LogP contribution is -2.31. The first-order chi connectivity index (χ1) is 7.35. The summed E-state index contributed by atoms with van der Waals surface area (Å²) in [5.41, 5.74) is -1.05. The van der Waals surface area contributed by atoms with Crippen molar-refractivity contribution in [2.75, 3.05) is 6.61 Å². The molecular formula is C11H13BrF2O2. The van der Waals surface area contributed by atoms with Gasteiger partial charge in [0.15, 0.2) is 11.6 Å². The van der Waals surface area contributed by atoms with Gasteiger partial charge in [-0.15, -0.1) is 0 Å². The summed E-state index contributed by atoms with van der Waals surface area (Å²) < 4.78 is 31.7. The van der Waals surface area contributed by atoms with Gasteiger partial charge < -0.3 is 9.84 Å². The lowest BCUT2D eigenvalue weighted by Gasteiger charge is -2.21. The molecule has 0 amide bonds. The van der Waals surface area contributed by atoms with Crippen LogP contribution in [0.5, 0.6) is 5.75 Å². The molecular weight excluding hydrogens is 282 g/mol.